The number of amidine groups is 2. The largest absolute Gasteiger partial charge is 0.365 e. The number of nitrogens with zero attached hydrogens (tertiary/aromatic N) is 3. The molecule has 5 nitrogen and oxygen atoms in total. The first-order chi connectivity index (χ1) is 27.7. The molecule has 0 unspecified atom stereocenters. The molecule has 2 aromatic heterocycles. The predicted octanol–water partition coefficient (Wildman–Crippen LogP) is 12.1. The Balaban J connectivity index is 1.02. The Hall–Kier alpha value is -7.50. The number of hydrogen-bond acceptors (Lipinski definition) is 1. The molecular formula is C51H37N5. The first kappa shape index (κ1) is 33.1. The fourth-order valence-corrected chi connectivity index (χ4v) is 7.95. The second-order valence-electron chi connectivity index (χ2n) is 14.1. The van der Waals surface area contributed by atoms with Crippen LogP contribution < -0.4 is 5.32 Å². The van der Waals surface area contributed by atoms with E-state index in [4.69, 9.17) is 10.4 Å². The van der Waals surface area contributed by atoms with Crippen molar-refractivity contribution in [1.82, 2.24) is 14.5 Å². The van der Waals surface area contributed by atoms with Crippen LogP contribution in [0.2, 0.25) is 0 Å². The van der Waals surface area contributed by atoms with Crippen LogP contribution in [-0.2, 0) is 6.54 Å². The van der Waals surface area contributed by atoms with Gasteiger partial charge in [0.25, 0.3) is 0 Å². The Morgan fingerprint density at radius 2 is 0.911 bits per heavy atom. The normalized spacial score (nSPS) is 11.8. The van der Waals surface area contributed by atoms with E-state index in [1.807, 2.05) is 48.5 Å². The van der Waals surface area contributed by atoms with Crippen LogP contribution in [0, 0.1) is 5.41 Å². The Bertz CT molecular complexity index is 3050. The topological polar surface area (TPSA) is 58.1 Å². The molecule has 5 heteroatoms. The van der Waals surface area contributed by atoms with E-state index in [2.05, 4.69) is 166 Å². The average Bonchev–Trinajstić information content (AvgIpc) is 3.77. The number of aliphatic imine (C=N–C) groups is 1. The minimum absolute atomic E-state index is 0.216. The molecule has 2 heterocycles. The highest BCUT2D eigenvalue weighted by Gasteiger charge is 2.18. The van der Waals surface area contributed by atoms with Crippen LogP contribution in [0.3, 0.4) is 0 Å². The van der Waals surface area contributed by atoms with E-state index in [1.165, 1.54) is 43.6 Å². The Morgan fingerprint density at radius 1 is 0.429 bits per heavy atom. The maximum atomic E-state index is 8.73. The summed E-state index contributed by atoms with van der Waals surface area (Å²) in [5.74, 6) is 0.879. The van der Waals surface area contributed by atoms with Crippen LogP contribution in [-0.4, -0.2) is 20.8 Å². The molecule has 0 saturated heterocycles. The lowest BCUT2D eigenvalue weighted by molar-refractivity contribution is 0.915. The number of fused-ring (bicyclic) bond motifs is 6. The number of hydrogen-bond donors (Lipinski definition) is 2. The summed E-state index contributed by atoms with van der Waals surface area (Å²) in [7, 11) is 0. The molecule has 10 rings (SSSR count). The van der Waals surface area contributed by atoms with Gasteiger partial charge in [-0.15, -0.1) is 0 Å². The van der Waals surface area contributed by atoms with Crippen LogP contribution in [0.15, 0.2) is 205 Å². The van der Waals surface area contributed by atoms with Gasteiger partial charge in [-0.25, -0.2) is 4.99 Å². The second-order valence-corrected chi connectivity index (χ2v) is 14.1. The monoisotopic (exact) mass is 719 g/mol. The number of aromatic nitrogens is 2. The van der Waals surface area contributed by atoms with Gasteiger partial charge in [0.2, 0.25) is 0 Å². The summed E-state index contributed by atoms with van der Waals surface area (Å²) in [6, 6.07) is 70.0. The van der Waals surface area contributed by atoms with Crippen molar-refractivity contribution in [2.24, 2.45) is 4.99 Å². The molecule has 0 aliphatic carbocycles. The van der Waals surface area contributed by atoms with Crippen molar-refractivity contribution >= 4 is 55.3 Å². The summed E-state index contributed by atoms with van der Waals surface area (Å²) in [5, 5.41) is 17.2. The lowest BCUT2D eigenvalue weighted by Crippen LogP contribution is -2.25. The van der Waals surface area contributed by atoms with Crippen molar-refractivity contribution in [3.8, 4) is 22.5 Å². The van der Waals surface area contributed by atoms with Gasteiger partial charge in [0.1, 0.15) is 5.84 Å². The minimum Gasteiger partial charge on any atom is -0.365 e. The van der Waals surface area contributed by atoms with Gasteiger partial charge >= 0.3 is 0 Å². The molecule has 0 radical (unpaired) electrons. The molecule has 266 valence electrons. The van der Waals surface area contributed by atoms with Crippen LogP contribution in [0.25, 0.3) is 66.1 Å². The van der Waals surface area contributed by atoms with Crippen molar-refractivity contribution in [3.05, 3.63) is 217 Å². The molecule has 0 fully saturated rings. The molecule has 8 aromatic carbocycles. The zero-order valence-electron chi connectivity index (χ0n) is 30.6. The van der Waals surface area contributed by atoms with Crippen LogP contribution in [0.4, 0.5) is 0 Å². The van der Waals surface area contributed by atoms with Gasteiger partial charge in [-0.3, -0.25) is 5.41 Å². The molecule has 56 heavy (non-hydrogen) atoms. The van der Waals surface area contributed by atoms with Crippen LogP contribution in [0.1, 0.15) is 16.7 Å². The Kier molecular flexibility index (Phi) is 8.30. The quantitative estimate of drug-likeness (QED) is 0.125. The molecular weight excluding hydrogens is 683 g/mol. The molecule has 0 spiro atoms. The zero-order valence-corrected chi connectivity index (χ0v) is 30.6. The van der Waals surface area contributed by atoms with Gasteiger partial charge in [0.05, 0.1) is 22.1 Å². The van der Waals surface area contributed by atoms with Crippen LogP contribution in [0.5, 0.6) is 0 Å². The second kappa shape index (κ2) is 14.0. The minimum atomic E-state index is 0.216. The third-order valence-electron chi connectivity index (χ3n) is 10.7. The van der Waals surface area contributed by atoms with E-state index in [-0.39, 0.29) is 5.84 Å². The standard InChI is InChI=1S/C51H37N5/c52-50(38-16-6-2-7-17-38)54-51(53-34-35-14-4-1-5-15-35)39-26-24-36(25-27-39)37-28-30-41(31-29-37)56-47-23-13-11-21-43(47)45-32-44-42-20-10-12-22-46(42)55(48(44)33-49(45)56)40-18-8-3-9-19-40/h1-33H,34H2,(H2,52,53,54). The SMILES string of the molecule is N=C(N=C(NCc1ccccc1)c1ccc(-c2ccc(-n3c4ccccc4c4cc5c6ccccc6n(-c6ccccc6)c5cc43)cc2)cc1)c1ccccc1. The number of rotatable bonds is 7. The summed E-state index contributed by atoms with van der Waals surface area (Å²) in [6.07, 6.45) is 0. The van der Waals surface area contributed by atoms with Gasteiger partial charge in [-0.05, 0) is 65.2 Å². The highest BCUT2D eigenvalue weighted by Crippen LogP contribution is 2.39. The van der Waals surface area contributed by atoms with Crippen LogP contribution >= 0.6 is 0 Å². The molecule has 0 atom stereocenters. The van der Waals surface area contributed by atoms with E-state index in [0.29, 0.717) is 12.4 Å². The molecule has 0 aliphatic rings. The third-order valence-corrected chi connectivity index (χ3v) is 10.7. The molecule has 0 aliphatic heterocycles. The average molecular weight is 720 g/mol. The van der Waals surface area contributed by atoms with E-state index in [1.54, 1.807) is 0 Å². The van der Waals surface area contributed by atoms with Gasteiger partial charge in [-0.1, -0.05) is 152 Å². The first-order valence-electron chi connectivity index (χ1n) is 18.9. The van der Waals surface area contributed by atoms with Crippen molar-refractivity contribution in [1.29, 1.82) is 5.41 Å². The van der Waals surface area contributed by atoms with E-state index in [9.17, 15) is 0 Å². The van der Waals surface area contributed by atoms with Crippen molar-refractivity contribution in [2.75, 3.05) is 0 Å². The van der Waals surface area contributed by atoms with Crippen molar-refractivity contribution in [2.45, 2.75) is 6.54 Å². The smallest absolute Gasteiger partial charge is 0.154 e. The summed E-state index contributed by atoms with van der Waals surface area (Å²) >= 11 is 0. The predicted molar refractivity (Wildman–Crippen MR) is 234 cm³/mol. The highest BCUT2D eigenvalue weighted by atomic mass is 15.0. The molecule has 0 saturated carbocycles. The third kappa shape index (κ3) is 5.92. The summed E-state index contributed by atoms with van der Waals surface area (Å²) < 4.78 is 4.78. The van der Waals surface area contributed by atoms with E-state index in [0.717, 1.165) is 39.2 Å². The van der Waals surface area contributed by atoms with Gasteiger partial charge in [-0.2, -0.15) is 0 Å². The number of nitrogens with one attached hydrogen (secondary N) is 2. The Labute approximate surface area is 325 Å². The maximum Gasteiger partial charge on any atom is 0.154 e. The molecule has 10 aromatic rings. The van der Waals surface area contributed by atoms with Gasteiger partial charge in [0, 0.05) is 50.6 Å². The lowest BCUT2D eigenvalue weighted by Gasteiger charge is -2.13. The summed E-state index contributed by atoms with van der Waals surface area (Å²) in [5.41, 5.74) is 12.1. The molecule has 0 bridgehead atoms. The van der Waals surface area contributed by atoms with Crippen molar-refractivity contribution in [3.63, 3.8) is 0 Å². The fraction of sp³-hybridized carbons (Fsp3) is 0.0196. The maximum absolute atomic E-state index is 8.73. The van der Waals surface area contributed by atoms with E-state index < -0.39 is 0 Å². The zero-order chi connectivity index (χ0) is 37.4. The highest BCUT2D eigenvalue weighted by molar-refractivity contribution is 6.19. The van der Waals surface area contributed by atoms with E-state index >= 15 is 0 Å². The van der Waals surface area contributed by atoms with Gasteiger partial charge in [0.15, 0.2) is 5.84 Å². The number of para-hydroxylation sites is 3. The fourth-order valence-electron chi connectivity index (χ4n) is 7.95. The first-order valence-corrected chi connectivity index (χ1v) is 18.9. The lowest BCUT2D eigenvalue weighted by atomic mass is 10.0. The molecule has 2 N–H and O–H groups in total. The van der Waals surface area contributed by atoms with Crippen molar-refractivity contribution < 1.29 is 0 Å². The summed E-state index contributed by atoms with van der Waals surface area (Å²) in [4.78, 5) is 4.76. The van der Waals surface area contributed by atoms with Gasteiger partial charge < -0.3 is 14.5 Å². The molecule has 0 amide bonds. The Morgan fingerprint density at radius 3 is 1.50 bits per heavy atom. The number of benzene rings is 8. The summed E-state index contributed by atoms with van der Waals surface area (Å²) in [6.45, 7) is 0.605.